The number of esters is 1. The Morgan fingerprint density at radius 3 is 2.45 bits per heavy atom. The van der Waals surface area contributed by atoms with Gasteiger partial charge in [-0.2, -0.15) is 0 Å². The van der Waals surface area contributed by atoms with Crippen LogP contribution in [0.2, 0.25) is 0 Å². The second-order valence-corrected chi connectivity index (χ2v) is 7.66. The van der Waals surface area contributed by atoms with E-state index < -0.39 is 0 Å². The molecule has 5 rings (SSSR count). The summed E-state index contributed by atoms with van der Waals surface area (Å²) >= 11 is 0. The molecule has 4 aliphatic carbocycles. The first-order chi connectivity index (χ1) is 10.7. The van der Waals surface area contributed by atoms with E-state index in [1.165, 1.54) is 12.8 Å². The van der Waals surface area contributed by atoms with E-state index in [4.69, 9.17) is 4.74 Å². The van der Waals surface area contributed by atoms with Gasteiger partial charge in [0.2, 0.25) is 0 Å². The number of carbonyl (C=O) groups is 1. The third kappa shape index (κ3) is 2.26. The highest BCUT2D eigenvalue weighted by Crippen LogP contribution is 2.62. The SMILES string of the molecule is O=C(OCc1ccccc1)C12CC3CC(C1)C(CO)C(C3)C2. The highest BCUT2D eigenvalue weighted by atomic mass is 16.5. The molecule has 0 saturated heterocycles. The van der Waals surface area contributed by atoms with Crippen molar-refractivity contribution < 1.29 is 14.6 Å². The molecule has 2 unspecified atom stereocenters. The quantitative estimate of drug-likeness (QED) is 0.869. The van der Waals surface area contributed by atoms with E-state index in [1.807, 2.05) is 30.3 Å². The predicted octanol–water partition coefficient (Wildman–Crippen LogP) is 3.16. The van der Waals surface area contributed by atoms with Crippen LogP contribution in [-0.2, 0) is 16.1 Å². The van der Waals surface area contributed by atoms with E-state index in [1.54, 1.807) is 0 Å². The third-order valence-electron chi connectivity index (χ3n) is 6.33. The standard InChI is InChI=1S/C19H24O3/c20-11-17-15-6-14-7-16(17)10-19(8-14,9-15)18(21)22-12-13-4-2-1-3-5-13/h1-5,14-17,20H,6-12H2. The van der Waals surface area contributed by atoms with Crippen molar-refractivity contribution in [3.8, 4) is 0 Å². The molecule has 1 N–H and O–H groups in total. The van der Waals surface area contributed by atoms with Crippen LogP contribution < -0.4 is 0 Å². The van der Waals surface area contributed by atoms with Crippen LogP contribution in [0.15, 0.2) is 30.3 Å². The second-order valence-electron chi connectivity index (χ2n) is 7.66. The van der Waals surface area contributed by atoms with Crippen molar-refractivity contribution in [1.29, 1.82) is 0 Å². The Morgan fingerprint density at radius 2 is 1.82 bits per heavy atom. The first kappa shape index (κ1) is 14.3. The lowest BCUT2D eigenvalue weighted by atomic mass is 9.46. The minimum atomic E-state index is -0.253. The van der Waals surface area contributed by atoms with Crippen molar-refractivity contribution >= 4 is 5.97 Å². The number of aliphatic hydroxyl groups is 1. The highest BCUT2D eigenvalue weighted by molar-refractivity contribution is 5.77. The Kier molecular flexibility index (Phi) is 3.48. The molecule has 0 aliphatic heterocycles. The molecule has 4 aliphatic rings. The average molecular weight is 300 g/mol. The van der Waals surface area contributed by atoms with Crippen LogP contribution >= 0.6 is 0 Å². The summed E-state index contributed by atoms with van der Waals surface area (Å²) in [5.74, 6) is 2.16. The van der Waals surface area contributed by atoms with Crippen LogP contribution in [0, 0.1) is 29.1 Å². The molecule has 4 bridgehead atoms. The Bertz CT molecular complexity index is 537. The second kappa shape index (κ2) is 5.38. The van der Waals surface area contributed by atoms with Gasteiger partial charge in [0.1, 0.15) is 6.61 Å². The molecule has 0 radical (unpaired) electrons. The summed E-state index contributed by atoms with van der Waals surface area (Å²) in [4.78, 5) is 12.8. The number of carbonyl (C=O) groups excluding carboxylic acids is 1. The minimum absolute atomic E-state index is 0.00661. The summed E-state index contributed by atoms with van der Waals surface area (Å²) in [7, 11) is 0. The van der Waals surface area contributed by atoms with Crippen molar-refractivity contribution in [2.75, 3.05) is 6.61 Å². The average Bonchev–Trinajstić information content (AvgIpc) is 2.53. The highest BCUT2D eigenvalue weighted by Gasteiger charge is 2.58. The van der Waals surface area contributed by atoms with Gasteiger partial charge in [-0.1, -0.05) is 30.3 Å². The Hall–Kier alpha value is -1.35. The van der Waals surface area contributed by atoms with E-state index in [9.17, 15) is 9.90 Å². The molecule has 118 valence electrons. The number of benzene rings is 1. The Labute approximate surface area is 131 Å². The molecule has 0 spiro atoms. The first-order valence-electron chi connectivity index (χ1n) is 8.52. The number of ether oxygens (including phenoxy) is 1. The molecule has 0 aromatic heterocycles. The summed E-state index contributed by atoms with van der Waals surface area (Å²) < 4.78 is 5.68. The first-order valence-corrected chi connectivity index (χ1v) is 8.52. The normalized spacial score (nSPS) is 39.0. The van der Waals surface area contributed by atoms with E-state index in [2.05, 4.69) is 0 Å². The molecule has 1 aromatic carbocycles. The fourth-order valence-corrected chi connectivity index (χ4v) is 5.55. The van der Waals surface area contributed by atoms with Crippen LogP contribution in [0.4, 0.5) is 0 Å². The van der Waals surface area contributed by atoms with Crippen LogP contribution in [0.3, 0.4) is 0 Å². The third-order valence-corrected chi connectivity index (χ3v) is 6.33. The molecule has 3 nitrogen and oxygen atoms in total. The summed E-state index contributed by atoms with van der Waals surface area (Å²) in [6.07, 6.45) is 5.27. The Morgan fingerprint density at radius 1 is 1.14 bits per heavy atom. The van der Waals surface area contributed by atoms with Gasteiger partial charge in [-0.25, -0.2) is 0 Å². The minimum Gasteiger partial charge on any atom is -0.460 e. The predicted molar refractivity (Wildman–Crippen MR) is 82.8 cm³/mol. The molecule has 1 aromatic rings. The van der Waals surface area contributed by atoms with Crippen LogP contribution in [0.5, 0.6) is 0 Å². The lowest BCUT2D eigenvalue weighted by Crippen LogP contribution is -2.55. The number of rotatable bonds is 4. The zero-order valence-electron chi connectivity index (χ0n) is 12.9. The van der Waals surface area contributed by atoms with Gasteiger partial charge in [0.15, 0.2) is 0 Å². The lowest BCUT2D eigenvalue weighted by Gasteiger charge is -2.58. The topological polar surface area (TPSA) is 46.5 Å². The zero-order chi connectivity index (χ0) is 15.2. The van der Waals surface area contributed by atoms with Crippen molar-refractivity contribution in [2.24, 2.45) is 29.1 Å². The molecule has 4 saturated carbocycles. The van der Waals surface area contributed by atoms with Crippen LogP contribution in [0.1, 0.15) is 37.7 Å². The lowest BCUT2D eigenvalue weighted by molar-refractivity contribution is -0.180. The van der Waals surface area contributed by atoms with E-state index in [-0.39, 0.29) is 18.0 Å². The maximum Gasteiger partial charge on any atom is 0.312 e. The molecule has 4 fully saturated rings. The van der Waals surface area contributed by atoms with Gasteiger partial charge in [0, 0.05) is 6.61 Å². The van der Waals surface area contributed by atoms with Gasteiger partial charge in [0.05, 0.1) is 5.41 Å². The summed E-state index contributed by atoms with van der Waals surface area (Å²) in [5.41, 5.74) is 0.797. The summed E-state index contributed by atoms with van der Waals surface area (Å²) in [6.45, 7) is 0.669. The largest absolute Gasteiger partial charge is 0.460 e. The fourth-order valence-electron chi connectivity index (χ4n) is 5.55. The number of hydrogen-bond acceptors (Lipinski definition) is 3. The fraction of sp³-hybridized carbons (Fsp3) is 0.632. The number of aliphatic hydroxyl groups excluding tert-OH is 1. The van der Waals surface area contributed by atoms with E-state index in [0.717, 1.165) is 24.8 Å². The summed E-state index contributed by atoms with van der Waals surface area (Å²) in [6, 6.07) is 9.91. The van der Waals surface area contributed by atoms with Crippen LogP contribution in [0.25, 0.3) is 0 Å². The molecular formula is C19H24O3. The molecule has 0 amide bonds. The van der Waals surface area contributed by atoms with Gasteiger partial charge < -0.3 is 9.84 Å². The van der Waals surface area contributed by atoms with Gasteiger partial charge in [-0.15, -0.1) is 0 Å². The van der Waals surface area contributed by atoms with Gasteiger partial charge in [-0.05, 0) is 61.3 Å². The molecular weight excluding hydrogens is 276 g/mol. The molecule has 2 atom stereocenters. The van der Waals surface area contributed by atoms with Crippen molar-refractivity contribution in [2.45, 2.75) is 38.7 Å². The van der Waals surface area contributed by atoms with Gasteiger partial charge in [-0.3, -0.25) is 4.79 Å². The summed E-state index contributed by atoms with van der Waals surface area (Å²) in [5, 5.41) is 9.66. The zero-order valence-corrected chi connectivity index (χ0v) is 12.9. The number of hydrogen-bond donors (Lipinski definition) is 1. The van der Waals surface area contributed by atoms with Crippen molar-refractivity contribution in [3.05, 3.63) is 35.9 Å². The van der Waals surface area contributed by atoms with Crippen LogP contribution in [-0.4, -0.2) is 17.7 Å². The van der Waals surface area contributed by atoms with Gasteiger partial charge >= 0.3 is 5.97 Å². The van der Waals surface area contributed by atoms with Gasteiger partial charge in [0.25, 0.3) is 0 Å². The Balaban J connectivity index is 1.47. The smallest absolute Gasteiger partial charge is 0.312 e. The monoisotopic (exact) mass is 300 g/mol. The molecule has 3 heteroatoms. The van der Waals surface area contributed by atoms with Crippen molar-refractivity contribution in [1.82, 2.24) is 0 Å². The molecule has 0 heterocycles. The maximum absolute atomic E-state index is 12.8. The maximum atomic E-state index is 12.8. The van der Waals surface area contributed by atoms with Crippen molar-refractivity contribution in [3.63, 3.8) is 0 Å². The molecule has 22 heavy (non-hydrogen) atoms. The van der Waals surface area contributed by atoms with E-state index in [0.29, 0.717) is 30.3 Å². The van der Waals surface area contributed by atoms with E-state index >= 15 is 0 Å².